The summed E-state index contributed by atoms with van der Waals surface area (Å²) < 4.78 is 18.5. The van der Waals surface area contributed by atoms with Crippen molar-refractivity contribution in [3.63, 3.8) is 0 Å². The number of rotatable bonds is 4. The molecule has 0 saturated heterocycles. The van der Waals surface area contributed by atoms with E-state index in [-0.39, 0.29) is 17.5 Å². The summed E-state index contributed by atoms with van der Waals surface area (Å²) in [6, 6.07) is 2.58. The van der Waals surface area contributed by atoms with Crippen LogP contribution < -0.4 is 0 Å². The molecule has 0 aromatic heterocycles. The predicted octanol–water partition coefficient (Wildman–Crippen LogP) is 2.57. The zero-order valence-electron chi connectivity index (χ0n) is 11.4. The summed E-state index contributed by atoms with van der Waals surface area (Å²) >= 11 is 0. The summed E-state index contributed by atoms with van der Waals surface area (Å²) in [5, 5.41) is 9.06. The van der Waals surface area contributed by atoms with Gasteiger partial charge in [0.15, 0.2) is 0 Å². The maximum atomic E-state index is 13.8. The van der Waals surface area contributed by atoms with Gasteiger partial charge in [0.2, 0.25) is 0 Å². The molecular weight excluding hydrogens is 251 g/mol. The van der Waals surface area contributed by atoms with Gasteiger partial charge in [0.1, 0.15) is 5.82 Å². The molecule has 104 valence electrons. The fourth-order valence-corrected chi connectivity index (χ4v) is 1.73. The quantitative estimate of drug-likeness (QED) is 0.852. The first-order valence-electron chi connectivity index (χ1n) is 5.80. The number of esters is 1. The van der Waals surface area contributed by atoms with Crippen molar-refractivity contribution in [3.05, 3.63) is 34.6 Å². The second kappa shape index (κ2) is 5.38. The highest BCUT2D eigenvalue weighted by atomic mass is 19.1. The lowest BCUT2D eigenvalue weighted by Gasteiger charge is -2.20. The number of aliphatic carboxylic acids is 1. The van der Waals surface area contributed by atoms with E-state index in [1.54, 1.807) is 6.92 Å². The first-order valence-corrected chi connectivity index (χ1v) is 5.80. The van der Waals surface area contributed by atoms with Crippen LogP contribution in [0.4, 0.5) is 4.39 Å². The van der Waals surface area contributed by atoms with Gasteiger partial charge in [0.05, 0.1) is 18.1 Å². The molecule has 5 heteroatoms. The first-order chi connectivity index (χ1) is 8.69. The number of hydrogen-bond acceptors (Lipinski definition) is 3. The predicted molar refractivity (Wildman–Crippen MR) is 67.6 cm³/mol. The Balaban J connectivity index is 3.22. The zero-order chi connectivity index (χ0) is 14.8. The second-order valence-corrected chi connectivity index (χ2v) is 5.12. The molecule has 0 saturated carbocycles. The lowest BCUT2D eigenvalue weighted by molar-refractivity contribution is -0.146. The molecule has 1 rings (SSSR count). The average Bonchev–Trinajstić information content (AvgIpc) is 2.31. The van der Waals surface area contributed by atoms with E-state index in [2.05, 4.69) is 4.74 Å². The van der Waals surface area contributed by atoms with Gasteiger partial charge in [-0.2, -0.15) is 0 Å². The van der Waals surface area contributed by atoms with Gasteiger partial charge in [-0.3, -0.25) is 4.79 Å². The molecule has 0 radical (unpaired) electrons. The third-order valence-electron chi connectivity index (χ3n) is 3.01. The minimum atomic E-state index is -1.11. The smallest absolute Gasteiger partial charge is 0.338 e. The highest BCUT2D eigenvalue weighted by Crippen LogP contribution is 2.26. The van der Waals surface area contributed by atoms with Crippen molar-refractivity contribution >= 4 is 11.9 Å². The van der Waals surface area contributed by atoms with Crippen LogP contribution in [0.5, 0.6) is 0 Å². The Kier molecular flexibility index (Phi) is 4.29. The van der Waals surface area contributed by atoms with Crippen LogP contribution >= 0.6 is 0 Å². The van der Waals surface area contributed by atoms with Crippen LogP contribution in [0, 0.1) is 18.2 Å². The van der Waals surface area contributed by atoms with Crippen molar-refractivity contribution < 1.29 is 23.8 Å². The number of carboxylic acids is 1. The Morgan fingerprint density at radius 1 is 1.37 bits per heavy atom. The molecule has 0 atom stereocenters. The summed E-state index contributed by atoms with van der Waals surface area (Å²) in [7, 11) is 1.24. The molecule has 0 unspecified atom stereocenters. The Morgan fingerprint density at radius 3 is 2.42 bits per heavy atom. The van der Waals surface area contributed by atoms with Crippen LogP contribution in [0.3, 0.4) is 0 Å². The molecule has 0 aliphatic rings. The lowest BCUT2D eigenvalue weighted by Crippen LogP contribution is -2.26. The van der Waals surface area contributed by atoms with Crippen molar-refractivity contribution in [1.82, 2.24) is 0 Å². The van der Waals surface area contributed by atoms with Crippen molar-refractivity contribution in [3.8, 4) is 0 Å². The van der Waals surface area contributed by atoms with Crippen molar-refractivity contribution in [2.24, 2.45) is 5.41 Å². The average molecular weight is 268 g/mol. The number of methoxy groups -OCH3 is 1. The molecule has 0 amide bonds. The van der Waals surface area contributed by atoms with Gasteiger partial charge < -0.3 is 9.84 Å². The van der Waals surface area contributed by atoms with Crippen molar-refractivity contribution in [2.45, 2.75) is 27.2 Å². The number of carboxylic acid groups (broad SMARTS) is 1. The highest BCUT2D eigenvalue weighted by Gasteiger charge is 2.29. The Labute approximate surface area is 111 Å². The molecule has 0 bridgehead atoms. The van der Waals surface area contributed by atoms with Crippen LogP contribution in [-0.2, 0) is 16.0 Å². The van der Waals surface area contributed by atoms with Crippen LogP contribution in [0.1, 0.15) is 35.3 Å². The summed E-state index contributed by atoms with van der Waals surface area (Å²) in [4.78, 5) is 22.6. The number of carbonyl (C=O) groups excluding carboxylic acids is 1. The minimum absolute atomic E-state index is 0.00155. The van der Waals surface area contributed by atoms with E-state index >= 15 is 0 Å². The Bertz CT molecular complexity index is 520. The van der Waals surface area contributed by atoms with E-state index in [1.807, 2.05) is 0 Å². The van der Waals surface area contributed by atoms with Gasteiger partial charge in [0.25, 0.3) is 0 Å². The maximum absolute atomic E-state index is 13.8. The van der Waals surface area contributed by atoms with Crippen molar-refractivity contribution in [1.29, 1.82) is 0 Å². The Morgan fingerprint density at radius 2 is 1.95 bits per heavy atom. The molecule has 0 aliphatic carbocycles. The zero-order valence-corrected chi connectivity index (χ0v) is 11.4. The molecule has 0 fully saturated rings. The van der Waals surface area contributed by atoms with E-state index in [9.17, 15) is 14.0 Å². The number of ether oxygens (including phenoxy) is 1. The highest BCUT2D eigenvalue weighted by molar-refractivity contribution is 5.91. The minimum Gasteiger partial charge on any atom is -0.481 e. The number of aryl methyl sites for hydroxylation is 1. The molecule has 0 aliphatic heterocycles. The van der Waals surface area contributed by atoms with E-state index in [1.165, 1.54) is 33.1 Å². The topological polar surface area (TPSA) is 63.6 Å². The molecular formula is C14H17FO4. The van der Waals surface area contributed by atoms with E-state index in [4.69, 9.17) is 5.11 Å². The number of hydrogen-bond donors (Lipinski definition) is 1. The summed E-state index contributed by atoms with van der Waals surface area (Å²) in [6.07, 6.45) is -0.00155. The first kappa shape index (κ1) is 15.1. The molecule has 0 heterocycles. The van der Waals surface area contributed by atoms with E-state index < -0.39 is 23.2 Å². The van der Waals surface area contributed by atoms with Crippen LogP contribution in [0.15, 0.2) is 12.1 Å². The lowest BCUT2D eigenvalue weighted by atomic mass is 9.85. The normalized spacial score (nSPS) is 11.2. The van der Waals surface area contributed by atoms with Crippen LogP contribution in [0.2, 0.25) is 0 Å². The van der Waals surface area contributed by atoms with Gasteiger partial charge in [-0.15, -0.1) is 0 Å². The molecule has 1 N–H and O–H groups in total. The second-order valence-electron chi connectivity index (χ2n) is 5.12. The van der Waals surface area contributed by atoms with Gasteiger partial charge in [-0.1, -0.05) is 0 Å². The van der Waals surface area contributed by atoms with Gasteiger partial charge in [-0.25, -0.2) is 9.18 Å². The summed E-state index contributed by atoms with van der Waals surface area (Å²) in [5.41, 5.74) is -0.205. The molecule has 1 aromatic carbocycles. The molecule has 4 nitrogen and oxygen atoms in total. The van der Waals surface area contributed by atoms with Crippen LogP contribution in [-0.4, -0.2) is 24.2 Å². The number of carbonyl (C=O) groups is 2. The van der Waals surface area contributed by atoms with E-state index in [0.717, 1.165) is 0 Å². The van der Waals surface area contributed by atoms with E-state index in [0.29, 0.717) is 5.56 Å². The maximum Gasteiger partial charge on any atom is 0.338 e. The van der Waals surface area contributed by atoms with Gasteiger partial charge >= 0.3 is 11.9 Å². The van der Waals surface area contributed by atoms with Gasteiger partial charge in [-0.05, 0) is 50.5 Å². The monoisotopic (exact) mass is 268 g/mol. The molecule has 1 aromatic rings. The van der Waals surface area contributed by atoms with Crippen LogP contribution in [0.25, 0.3) is 0 Å². The third-order valence-corrected chi connectivity index (χ3v) is 3.01. The fraction of sp³-hybridized carbons (Fsp3) is 0.429. The third kappa shape index (κ3) is 3.30. The SMILES string of the molecule is COC(=O)c1cc(CC(C)(C)C(=O)O)c(F)cc1C. The van der Waals surface area contributed by atoms with Crippen molar-refractivity contribution in [2.75, 3.05) is 7.11 Å². The summed E-state index contributed by atoms with van der Waals surface area (Å²) in [5.74, 6) is -2.10. The molecule has 0 spiro atoms. The standard InChI is InChI=1S/C14H17FO4/c1-8-5-11(15)9(6-10(8)12(16)19-4)7-14(2,3)13(17)18/h5-6H,7H2,1-4H3,(H,17,18). The Hall–Kier alpha value is -1.91. The largest absolute Gasteiger partial charge is 0.481 e. The number of benzene rings is 1. The van der Waals surface area contributed by atoms with Gasteiger partial charge in [0, 0.05) is 0 Å². The fourth-order valence-electron chi connectivity index (χ4n) is 1.73. The number of halogens is 1. The molecule has 19 heavy (non-hydrogen) atoms. The summed E-state index contributed by atoms with van der Waals surface area (Å²) in [6.45, 7) is 4.61.